The molecule has 0 aliphatic carbocycles. The van der Waals surface area contributed by atoms with Gasteiger partial charge in [0.05, 0.1) is 0 Å². The van der Waals surface area contributed by atoms with Gasteiger partial charge in [0.25, 0.3) is 0 Å². The quantitative estimate of drug-likeness (QED) is 0.846. The van der Waals surface area contributed by atoms with Crippen LogP contribution in [0.15, 0.2) is 24.3 Å². The first-order valence-electron chi connectivity index (χ1n) is 7.42. The van der Waals surface area contributed by atoms with Gasteiger partial charge < -0.3 is 4.74 Å². The number of nitrogens with zero attached hydrogens (tertiary/aromatic N) is 1. The van der Waals surface area contributed by atoms with Gasteiger partial charge in [-0.2, -0.15) is 0 Å². The summed E-state index contributed by atoms with van der Waals surface area (Å²) >= 11 is 0. The van der Waals surface area contributed by atoms with Crippen molar-refractivity contribution in [2.75, 3.05) is 26.2 Å². The number of hydrogen-bond acceptors (Lipinski definition) is 3. The summed E-state index contributed by atoms with van der Waals surface area (Å²) in [5, 5.41) is 0. The first-order chi connectivity index (χ1) is 9.45. The predicted octanol–water partition coefficient (Wildman–Crippen LogP) is 3.03. The van der Waals surface area contributed by atoms with Crippen LogP contribution >= 0.6 is 0 Å². The fourth-order valence-corrected chi connectivity index (χ4v) is 2.37. The molecule has 3 nitrogen and oxygen atoms in total. The van der Waals surface area contributed by atoms with E-state index < -0.39 is 0 Å². The van der Waals surface area contributed by atoms with E-state index in [9.17, 15) is 4.79 Å². The number of rotatable bonds is 4. The second-order valence-corrected chi connectivity index (χ2v) is 6.50. The molecule has 1 saturated heterocycles. The first kappa shape index (κ1) is 15.0. The van der Waals surface area contributed by atoms with E-state index in [1.165, 1.54) is 5.56 Å². The number of likely N-dealkylation sites (tertiary alicyclic amines) is 1. The Labute approximate surface area is 121 Å². The molecule has 0 spiro atoms. The van der Waals surface area contributed by atoms with Crippen LogP contribution in [0.4, 0.5) is 0 Å². The zero-order valence-corrected chi connectivity index (χ0v) is 12.8. The fourth-order valence-electron chi connectivity index (χ4n) is 2.37. The second kappa shape index (κ2) is 6.40. The Balaban J connectivity index is 1.75. The van der Waals surface area contributed by atoms with E-state index in [4.69, 9.17) is 4.74 Å². The summed E-state index contributed by atoms with van der Waals surface area (Å²) in [5.41, 5.74) is 1.50. The van der Waals surface area contributed by atoms with Gasteiger partial charge in [-0.1, -0.05) is 32.9 Å². The van der Waals surface area contributed by atoms with Crippen molar-refractivity contribution in [3.63, 3.8) is 0 Å². The molecule has 1 fully saturated rings. The van der Waals surface area contributed by atoms with E-state index in [-0.39, 0.29) is 5.41 Å². The predicted molar refractivity (Wildman–Crippen MR) is 81.3 cm³/mol. The number of ketones is 1. The van der Waals surface area contributed by atoms with Crippen LogP contribution in [-0.4, -0.2) is 36.9 Å². The minimum Gasteiger partial charge on any atom is -0.492 e. The Morgan fingerprint density at radius 1 is 1.10 bits per heavy atom. The van der Waals surface area contributed by atoms with E-state index in [2.05, 4.69) is 37.8 Å². The highest BCUT2D eigenvalue weighted by Gasteiger charge is 2.16. The zero-order valence-electron chi connectivity index (χ0n) is 12.8. The second-order valence-electron chi connectivity index (χ2n) is 6.50. The van der Waals surface area contributed by atoms with Crippen LogP contribution in [0, 0.1) is 0 Å². The lowest BCUT2D eigenvalue weighted by Crippen LogP contribution is -2.36. The third kappa shape index (κ3) is 4.34. The summed E-state index contributed by atoms with van der Waals surface area (Å²) in [5.74, 6) is 1.31. The summed E-state index contributed by atoms with van der Waals surface area (Å²) in [6, 6.07) is 8.35. The Bertz CT molecular complexity index is 435. The Morgan fingerprint density at radius 3 is 2.25 bits per heavy atom. The SMILES string of the molecule is CC(C)(C)c1ccc(OCCN2CCC(=O)CC2)cc1. The lowest BCUT2D eigenvalue weighted by atomic mass is 9.87. The van der Waals surface area contributed by atoms with Crippen LogP contribution in [0.2, 0.25) is 0 Å². The van der Waals surface area contributed by atoms with Crippen LogP contribution in [0.3, 0.4) is 0 Å². The van der Waals surface area contributed by atoms with Crippen molar-refractivity contribution in [2.45, 2.75) is 39.0 Å². The van der Waals surface area contributed by atoms with Gasteiger partial charge in [-0.05, 0) is 23.1 Å². The monoisotopic (exact) mass is 275 g/mol. The van der Waals surface area contributed by atoms with Crippen molar-refractivity contribution in [1.29, 1.82) is 0 Å². The van der Waals surface area contributed by atoms with E-state index >= 15 is 0 Å². The maximum atomic E-state index is 11.2. The molecule has 1 aromatic carbocycles. The largest absolute Gasteiger partial charge is 0.492 e. The zero-order chi connectivity index (χ0) is 14.6. The van der Waals surface area contributed by atoms with Crippen LogP contribution < -0.4 is 4.74 Å². The molecule has 0 aromatic heterocycles. The van der Waals surface area contributed by atoms with Crippen molar-refractivity contribution >= 4 is 5.78 Å². The van der Waals surface area contributed by atoms with E-state index in [0.29, 0.717) is 25.2 Å². The standard InChI is InChI=1S/C17H25NO2/c1-17(2,3)14-4-6-16(7-5-14)20-13-12-18-10-8-15(19)9-11-18/h4-7H,8-13H2,1-3H3. The van der Waals surface area contributed by atoms with Crippen molar-refractivity contribution in [1.82, 2.24) is 4.90 Å². The third-order valence-electron chi connectivity index (χ3n) is 3.81. The highest BCUT2D eigenvalue weighted by molar-refractivity contribution is 5.79. The molecule has 0 atom stereocenters. The van der Waals surface area contributed by atoms with Gasteiger partial charge >= 0.3 is 0 Å². The van der Waals surface area contributed by atoms with E-state index in [0.717, 1.165) is 25.4 Å². The Morgan fingerprint density at radius 2 is 1.70 bits per heavy atom. The van der Waals surface area contributed by atoms with Crippen molar-refractivity contribution < 1.29 is 9.53 Å². The van der Waals surface area contributed by atoms with Gasteiger partial charge in [0, 0.05) is 32.5 Å². The number of ether oxygens (including phenoxy) is 1. The molecule has 20 heavy (non-hydrogen) atoms. The molecule has 1 aliphatic rings. The molecule has 2 rings (SSSR count). The van der Waals surface area contributed by atoms with Crippen molar-refractivity contribution in [2.24, 2.45) is 0 Å². The fraction of sp³-hybridized carbons (Fsp3) is 0.588. The molecule has 0 unspecified atom stereocenters. The minimum absolute atomic E-state index is 0.179. The van der Waals surface area contributed by atoms with Gasteiger partial charge in [0.2, 0.25) is 0 Å². The summed E-state index contributed by atoms with van der Waals surface area (Å²) in [7, 11) is 0. The van der Waals surface area contributed by atoms with Crippen molar-refractivity contribution in [3.05, 3.63) is 29.8 Å². The van der Waals surface area contributed by atoms with Gasteiger partial charge in [-0.25, -0.2) is 0 Å². The van der Waals surface area contributed by atoms with Crippen LogP contribution in [-0.2, 0) is 10.2 Å². The highest BCUT2D eigenvalue weighted by Crippen LogP contribution is 2.24. The normalized spacial score (nSPS) is 17.2. The molecule has 1 heterocycles. The van der Waals surface area contributed by atoms with Gasteiger partial charge in [-0.3, -0.25) is 9.69 Å². The molecule has 0 radical (unpaired) electrons. The number of Topliss-reactive ketones (excluding diaryl/α,β-unsaturated/α-hetero) is 1. The average molecular weight is 275 g/mol. The molecule has 0 bridgehead atoms. The number of carbonyl (C=O) groups is 1. The molecule has 1 aromatic rings. The van der Waals surface area contributed by atoms with E-state index in [1.807, 2.05) is 12.1 Å². The van der Waals surface area contributed by atoms with Gasteiger partial charge in [0.15, 0.2) is 0 Å². The molecule has 1 aliphatic heterocycles. The topological polar surface area (TPSA) is 29.5 Å². The average Bonchev–Trinajstić information content (AvgIpc) is 2.41. The van der Waals surface area contributed by atoms with Gasteiger partial charge in [-0.15, -0.1) is 0 Å². The number of carbonyl (C=O) groups excluding carboxylic acids is 1. The van der Waals surface area contributed by atoms with Crippen molar-refractivity contribution in [3.8, 4) is 5.75 Å². The summed E-state index contributed by atoms with van der Waals surface area (Å²) in [4.78, 5) is 13.5. The Kier molecular flexibility index (Phi) is 4.81. The van der Waals surface area contributed by atoms with Crippen LogP contribution in [0.1, 0.15) is 39.2 Å². The summed E-state index contributed by atoms with van der Waals surface area (Å²) in [6.45, 7) is 9.97. The van der Waals surface area contributed by atoms with Gasteiger partial charge in [0.1, 0.15) is 18.1 Å². The van der Waals surface area contributed by atoms with E-state index in [1.54, 1.807) is 0 Å². The number of hydrogen-bond donors (Lipinski definition) is 0. The summed E-state index contributed by atoms with van der Waals surface area (Å²) in [6.07, 6.45) is 1.39. The molecule has 0 saturated carbocycles. The van der Waals surface area contributed by atoms with Crippen LogP contribution in [0.25, 0.3) is 0 Å². The molecule has 0 amide bonds. The minimum atomic E-state index is 0.179. The van der Waals surface area contributed by atoms with Crippen LogP contribution in [0.5, 0.6) is 5.75 Å². The summed E-state index contributed by atoms with van der Waals surface area (Å²) < 4.78 is 5.78. The Hall–Kier alpha value is -1.35. The molecular formula is C17H25NO2. The molecular weight excluding hydrogens is 250 g/mol. The first-order valence-corrected chi connectivity index (χ1v) is 7.42. The molecule has 3 heteroatoms. The molecule has 0 N–H and O–H groups in total. The molecule has 110 valence electrons. The third-order valence-corrected chi connectivity index (χ3v) is 3.81. The number of benzene rings is 1. The lowest BCUT2D eigenvalue weighted by molar-refractivity contribution is -0.121. The smallest absolute Gasteiger partial charge is 0.135 e. The lowest BCUT2D eigenvalue weighted by Gasteiger charge is -2.25. The maximum absolute atomic E-state index is 11.2. The number of piperidine rings is 1. The highest BCUT2D eigenvalue weighted by atomic mass is 16.5. The maximum Gasteiger partial charge on any atom is 0.135 e.